The zero-order valence-electron chi connectivity index (χ0n) is 15.6. The molecule has 0 bridgehead atoms. The van der Waals surface area contributed by atoms with Crippen molar-refractivity contribution >= 4 is 60.7 Å². The van der Waals surface area contributed by atoms with Gasteiger partial charge in [-0.05, 0) is 48.0 Å². The maximum Gasteiger partial charge on any atom is 0.243 e. The van der Waals surface area contributed by atoms with Crippen molar-refractivity contribution in [2.45, 2.75) is 11.4 Å². The minimum Gasteiger partial charge on any atom is -0.324 e. The van der Waals surface area contributed by atoms with Gasteiger partial charge < -0.3 is 5.32 Å². The van der Waals surface area contributed by atoms with Crippen molar-refractivity contribution in [3.8, 4) is 0 Å². The Morgan fingerprint density at radius 1 is 0.967 bits per heavy atom. The van der Waals surface area contributed by atoms with Crippen LogP contribution in [0.25, 0.3) is 0 Å². The molecule has 0 atom stereocenters. The van der Waals surface area contributed by atoms with E-state index in [2.05, 4.69) is 21.2 Å². The Labute approximate surface area is 193 Å². The first-order chi connectivity index (χ1) is 14.3. The average molecular weight is 528 g/mol. The molecule has 9 heteroatoms. The van der Waals surface area contributed by atoms with E-state index >= 15 is 0 Å². The normalized spacial score (nSPS) is 11.5. The van der Waals surface area contributed by atoms with E-state index in [1.165, 1.54) is 18.2 Å². The van der Waals surface area contributed by atoms with Crippen LogP contribution >= 0.6 is 39.1 Å². The fourth-order valence-corrected chi connectivity index (χ4v) is 4.83. The first-order valence-electron chi connectivity index (χ1n) is 8.80. The summed E-state index contributed by atoms with van der Waals surface area (Å²) in [5.74, 6) is -0.518. The second kappa shape index (κ2) is 9.94. The second-order valence-electron chi connectivity index (χ2n) is 6.38. The van der Waals surface area contributed by atoms with Gasteiger partial charge in [0.15, 0.2) is 0 Å². The van der Waals surface area contributed by atoms with Gasteiger partial charge in [0.25, 0.3) is 0 Å². The first-order valence-corrected chi connectivity index (χ1v) is 11.8. The van der Waals surface area contributed by atoms with Gasteiger partial charge in [-0.15, -0.1) is 0 Å². The summed E-state index contributed by atoms with van der Waals surface area (Å²) in [4.78, 5) is 12.8. The largest absolute Gasteiger partial charge is 0.324 e. The van der Waals surface area contributed by atoms with E-state index in [-0.39, 0.29) is 23.0 Å². The molecule has 0 radical (unpaired) electrons. The number of benzene rings is 3. The Kier molecular flexibility index (Phi) is 7.55. The minimum absolute atomic E-state index is 0.0340. The van der Waals surface area contributed by atoms with Gasteiger partial charge in [-0.25, -0.2) is 8.42 Å². The SMILES string of the molecule is O=C(CN(Cc1ccc(Br)cc1)S(=O)(=O)c1ccccc1)Nc1ccc(Cl)cc1Cl. The van der Waals surface area contributed by atoms with E-state index in [4.69, 9.17) is 23.2 Å². The lowest BCUT2D eigenvalue weighted by Crippen LogP contribution is -2.37. The predicted octanol–water partition coefficient (Wildman–Crippen LogP) is 5.59. The van der Waals surface area contributed by atoms with Gasteiger partial charge in [-0.1, -0.05) is 69.5 Å². The zero-order chi connectivity index (χ0) is 21.7. The van der Waals surface area contributed by atoms with Gasteiger partial charge in [-0.3, -0.25) is 4.79 Å². The van der Waals surface area contributed by atoms with E-state index in [0.717, 1.165) is 14.3 Å². The first kappa shape index (κ1) is 22.8. The number of hydrogen-bond acceptors (Lipinski definition) is 3. The lowest BCUT2D eigenvalue weighted by molar-refractivity contribution is -0.116. The smallest absolute Gasteiger partial charge is 0.243 e. The molecule has 1 amide bonds. The zero-order valence-corrected chi connectivity index (χ0v) is 19.5. The van der Waals surface area contributed by atoms with Crippen LogP contribution in [0.1, 0.15) is 5.56 Å². The molecular formula is C21H17BrCl2N2O3S. The van der Waals surface area contributed by atoms with Gasteiger partial charge in [0.2, 0.25) is 15.9 Å². The number of anilines is 1. The molecule has 0 aliphatic carbocycles. The Morgan fingerprint density at radius 3 is 2.27 bits per heavy atom. The van der Waals surface area contributed by atoms with Crippen LogP contribution < -0.4 is 5.32 Å². The third kappa shape index (κ3) is 5.83. The summed E-state index contributed by atoms with van der Waals surface area (Å²) in [6.07, 6.45) is 0. The van der Waals surface area contributed by atoms with E-state index < -0.39 is 15.9 Å². The molecule has 3 rings (SSSR count). The van der Waals surface area contributed by atoms with Crippen molar-refractivity contribution in [2.24, 2.45) is 0 Å². The highest BCUT2D eigenvalue weighted by Gasteiger charge is 2.27. The monoisotopic (exact) mass is 526 g/mol. The number of amides is 1. The van der Waals surface area contributed by atoms with E-state index in [0.29, 0.717) is 10.7 Å². The van der Waals surface area contributed by atoms with Gasteiger partial charge in [-0.2, -0.15) is 4.31 Å². The number of carbonyl (C=O) groups is 1. The van der Waals surface area contributed by atoms with Crippen LogP contribution in [0.5, 0.6) is 0 Å². The average Bonchev–Trinajstić information content (AvgIpc) is 2.72. The van der Waals surface area contributed by atoms with Crippen molar-refractivity contribution in [1.29, 1.82) is 0 Å². The molecule has 0 saturated carbocycles. The molecule has 5 nitrogen and oxygen atoms in total. The van der Waals surface area contributed by atoms with E-state index in [9.17, 15) is 13.2 Å². The van der Waals surface area contributed by atoms with Crippen LogP contribution in [0.15, 0.2) is 82.2 Å². The molecule has 0 aliphatic rings. The van der Waals surface area contributed by atoms with Crippen molar-refractivity contribution < 1.29 is 13.2 Å². The molecule has 0 spiro atoms. The summed E-state index contributed by atoms with van der Waals surface area (Å²) in [6.45, 7) is -0.349. The summed E-state index contributed by atoms with van der Waals surface area (Å²) in [6, 6.07) is 19.9. The number of nitrogens with one attached hydrogen (secondary N) is 1. The molecule has 0 heterocycles. The van der Waals surface area contributed by atoms with Gasteiger partial charge in [0.1, 0.15) is 0 Å². The summed E-state index contributed by atoms with van der Waals surface area (Å²) >= 11 is 15.3. The molecule has 0 unspecified atom stereocenters. The van der Waals surface area contributed by atoms with Crippen molar-refractivity contribution in [1.82, 2.24) is 4.31 Å². The standard InChI is InChI=1S/C21H17BrCl2N2O3S/c22-16-8-6-15(7-9-16)13-26(30(28,29)18-4-2-1-3-5-18)14-21(27)25-20-11-10-17(23)12-19(20)24/h1-12H,13-14H2,(H,25,27). The predicted molar refractivity (Wildman–Crippen MR) is 123 cm³/mol. The summed E-state index contributed by atoms with van der Waals surface area (Å²) < 4.78 is 28.4. The fraction of sp³-hybridized carbons (Fsp3) is 0.0952. The van der Waals surface area contributed by atoms with Crippen molar-refractivity contribution in [3.05, 3.63) is 92.9 Å². The van der Waals surface area contributed by atoms with Crippen LogP contribution in [0.2, 0.25) is 10.0 Å². The lowest BCUT2D eigenvalue weighted by Gasteiger charge is -2.22. The number of halogens is 3. The fourth-order valence-electron chi connectivity index (χ4n) is 2.70. The molecule has 3 aromatic rings. The number of carbonyl (C=O) groups excluding carboxylic acids is 1. The van der Waals surface area contributed by atoms with Crippen molar-refractivity contribution in [2.75, 3.05) is 11.9 Å². The molecule has 30 heavy (non-hydrogen) atoms. The quantitative estimate of drug-likeness (QED) is 0.435. The minimum atomic E-state index is -3.91. The highest BCUT2D eigenvalue weighted by molar-refractivity contribution is 9.10. The van der Waals surface area contributed by atoms with Crippen molar-refractivity contribution in [3.63, 3.8) is 0 Å². The summed E-state index contributed by atoms with van der Waals surface area (Å²) in [5, 5.41) is 3.34. The summed E-state index contributed by atoms with van der Waals surface area (Å²) in [7, 11) is -3.91. The maximum absolute atomic E-state index is 13.2. The van der Waals surface area contributed by atoms with Crippen LogP contribution in [0.3, 0.4) is 0 Å². The number of sulfonamides is 1. The Hall–Kier alpha value is -1.90. The van der Waals surface area contributed by atoms with E-state index in [1.54, 1.807) is 42.5 Å². The van der Waals surface area contributed by atoms with Crippen LogP contribution in [-0.2, 0) is 21.4 Å². The molecule has 0 aliphatic heterocycles. The Morgan fingerprint density at radius 2 is 1.63 bits per heavy atom. The van der Waals surface area contributed by atoms with Crippen LogP contribution in [0.4, 0.5) is 5.69 Å². The van der Waals surface area contributed by atoms with Gasteiger partial charge >= 0.3 is 0 Å². The second-order valence-corrected chi connectivity index (χ2v) is 10.1. The van der Waals surface area contributed by atoms with Crippen LogP contribution in [0, 0.1) is 0 Å². The highest BCUT2D eigenvalue weighted by atomic mass is 79.9. The molecule has 0 aromatic heterocycles. The Bertz CT molecular complexity index is 1140. The van der Waals surface area contributed by atoms with Gasteiger partial charge in [0, 0.05) is 16.0 Å². The number of nitrogens with zero attached hydrogens (tertiary/aromatic N) is 1. The third-order valence-electron chi connectivity index (χ3n) is 4.18. The van der Waals surface area contributed by atoms with Crippen LogP contribution in [-0.4, -0.2) is 25.2 Å². The highest BCUT2D eigenvalue weighted by Crippen LogP contribution is 2.26. The molecular weight excluding hydrogens is 511 g/mol. The van der Waals surface area contributed by atoms with E-state index in [1.807, 2.05) is 12.1 Å². The van der Waals surface area contributed by atoms with Gasteiger partial charge in [0.05, 0.1) is 22.2 Å². The number of hydrogen-bond donors (Lipinski definition) is 1. The number of rotatable bonds is 7. The maximum atomic E-state index is 13.2. The molecule has 0 fully saturated rings. The molecule has 1 N–H and O–H groups in total. The molecule has 156 valence electrons. The molecule has 3 aromatic carbocycles. The topological polar surface area (TPSA) is 66.5 Å². The molecule has 0 saturated heterocycles. The summed E-state index contributed by atoms with van der Waals surface area (Å²) in [5.41, 5.74) is 1.10. The Balaban J connectivity index is 1.86. The lowest BCUT2D eigenvalue weighted by atomic mass is 10.2. The third-order valence-corrected chi connectivity index (χ3v) is 7.06.